The molecule has 0 spiro atoms. The van der Waals surface area contributed by atoms with Crippen LogP contribution in [0.4, 0.5) is 10.2 Å². The van der Waals surface area contributed by atoms with Gasteiger partial charge in [-0.05, 0) is 69.9 Å². The second-order valence-electron chi connectivity index (χ2n) is 9.90. The van der Waals surface area contributed by atoms with Gasteiger partial charge in [-0.15, -0.1) is 11.6 Å². The highest BCUT2D eigenvalue weighted by Crippen LogP contribution is 2.39. The van der Waals surface area contributed by atoms with E-state index in [0.717, 1.165) is 81.9 Å². The van der Waals surface area contributed by atoms with Gasteiger partial charge in [0.05, 0.1) is 10.4 Å². The van der Waals surface area contributed by atoms with Gasteiger partial charge in [-0.3, -0.25) is 9.69 Å². The molecule has 1 saturated heterocycles. The molecule has 0 radical (unpaired) electrons. The molecule has 1 amide bonds. The second kappa shape index (κ2) is 9.59. The summed E-state index contributed by atoms with van der Waals surface area (Å²) in [6.45, 7) is 4.74. The van der Waals surface area contributed by atoms with Crippen molar-refractivity contribution < 1.29 is 13.7 Å². The number of nitrogens with zero attached hydrogens (tertiary/aromatic N) is 3. The SMILES string of the molecule is O=C(N[C@H]1CC[C@H](CCN2CCN(c3noc4cc(F)c(Cl)cc34)CC2)CC1)C1(Cl)CCC1. The molecule has 6 nitrogen and oxygen atoms in total. The zero-order valence-corrected chi connectivity index (χ0v) is 20.3. The summed E-state index contributed by atoms with van der Waals surface area (Å²) in [6.07, 6.45) is 8.32. The molecule has 2 aromatic rings. The molecular weight excluding hydrogens is 466 g/mol. The van der Waals surface area contributed by atoms with E-state index in [0.29, 0.717) is 5.58 Å². The minimum atomic E-state index is -0.625. The van der Waals surface area contributed by atoms with Crippen LogP contribution in [0.25, 0.3) is 11.0 Å². The van der Waals surface area contributed by atoms with Crippen LogP contribution < -0.4 is 10.2 Å². The number of carbonyl (C=O) groups is 1. The van der Waals surface area contributed by atoms with Crippen LogP contribution in [0.2, 0.25) is 5.02 Å². The van der Waals surface area contributed by atoms with Crippen molar-refractivity contribution >= 4 is 45.9 Å². The number of alkyl halides is 1. The lowest BCUT2D eigenvalue weighted by Gasteiger charge is -2.38. The third-order valence-corrected chi connectivity index (χ3v) is 8.59. The van der Waals surface area contributed by atoms with Gasteiger partial charge >= 0.3 is 0 Å². The number of piperazine rings is 1. The number of hydrogen-bond donors (Lipinski definition) is 1. The van der Waals surface area contributed by atoms with E-state index in [9.17, 15) is 9.18 Å². The van der Waals surface area contributed by atoms with Gasteiger partial charge in [0.15, 0.2) is 11.4 Å². The van der Waals surface area contributed by atoms with E-state index in [1.165, 1.54) is 25.3 Å². The van der Waals surface area contributed by atoms with Crippen LogP contribution in [0.3, 0.4) is 0 Å². The lowest BCUT2D eigenvalue weighted by molar-refractivity contribution is -0.126. The summed E-state index contributed by atoms with van der Waals surface area (Å²) in [5.74, 6) is 1.02. The average Bonchev–Trinajstić information content (AvgIpc) is 3.20. The van der Waals surface area contributed by atoms with Crippen LogP contribution in [-0.2, 0) is 4.79 Å². The molecule has 0 unspecified atom stereocenters. The fraction of sp³-hybridized carbons (Fsp3) is 0.667. The van der Waals surface area contributed by atoms with Gasteiger partial charge in [0, 0.05) is 38.3 Å². The summed E-state index contributed by atoms with van der Waals surface area (Å²) in [4.78, 5) is 16.4. The molecule has 33 heavy (non-hydrogen) atoms. The Bertz CT molecular complexity index is 996. The van der Waals surface area contributed by atoms with Gasteiger partial charge in [-0.1, -0.05) is 16.8 Å². The number of anilines is 1. The number of halogens is 3. The number of fused-ring (bicyclic) bond motifs is 1. The van der Waals surface area contributed by atoms with Gasteiger partial charge in [-0.25, -0.2) is 4.39 Å². The van der Waals surface area contributed by atoms with Crippen molar-refractivity contribution in [3.8, 4) is 0 Å². The number of amides is 1. The first-order valence-corrected chi connectivity index (χ1v) is 12.9. The third kappa shape index (κ3) is 4.96. The van der Waals surface area contributed by atoms with Crippen molar-refractivity contribution in [3.05, 3.63) is 23.0 Å². The Morgan fingerprint density at radius 3 is 2.58 bits per heavy atom. The van der Waals surface area contributed by atoms with E-state index in [1.807, 2.05) is 0 Å². The van der Waals surface area contributed by atoms with Crippen LogP contribution in [0.15, 0.2) is 16.7 Å². The molecule has 2 saturated carbocycles. The number of carbonyl (C=O) groups excluding carboxylic acids is 1. The third-order valence-electron chi connectivity index (χ3n) is 7.75. The molecule has 1 aliphatic heterocycles. The number of hydrogen-bond acceptors (Lipinski definition) is 5. The molecule has 1 aromatic heterocycles. The highest BCUT2D eigenvalue weighted by Gasteiger charge is 2.43. The fourth-order valence-corrected chi connectivity index (χ4v) is 5.81. The van der Waals surface area contributed by atoms with Gasteiger partial charge < -0.3 is 14.7 Å². The zero-order chi connectivity index (χ0) is 23.0. The van der Waals surface area contributed by atoms with Gasteiger partial charge in [0.1, 0.15) is 10.7 Å². The van der Waals surface area contributed by atoms with Crippen LogP contribution in [-0.4, -0.2) is 59.6 Å². The minimum absolute atomic E-state index is 0.0454. The number of rotatable bonds is 6. The maximum Gasteiger partial charge on any atom is 0.241 e. The fourth-order valence-electron chi connectivity index (χ4n) is 5.32. The van der Waals surface area contributed by atoms with Crippen molar-refractivity contribution in [1.82, 2.24) is 15.4 Å². The molecule has 1 N–H and O–H groups in total. The Kier molecular flexibility index (Phi) is 6.74. The first kappa shape index (κ1) is 23.2. The summed E-state index contributed by atoms with van der Waals surface area (Å²) in [6, 6.07) is 3.18. The van der Waals surface area contributed by atoms with Crippen molar-refractivity contribution in [2.45, 2.75) is 62.3 Å². The molecular formula is C24H31Cl2FN4O2. The normalized spacial score (nSPS) is 25.7. The monoisotopic (exact) mass is 496 g/mol. The van der Waals surface area contributed by atoms with Crippen LogP contribution in [0, 0.1) is 11.7 Å². The topological polar surface area (TPSA) is 61.6 Å². The van der Waals surface area contributed by atoms with Crippen LogP contribution >= 0.6 is 23.2 Å². The standard InChI is InChI=1S/C24H31Cl2FN4O2/c25-19-14-18-21(15-20(19)27)33-29-22(18)31-12-10-30(11-13-31)9-6-16-2-4-17(5-3-16)28-23(32)24(26)7-1-8-24/h14-17H,1-13H2,(H,28,32)/t16-,17-. The Balaban J connectivity index is 1.04. The lowest BCUT2D eigenvalue weighted by atomic mass is 9.81. The molecule has 3 fully saturated rings. The Hall–Kier alpha value is -1.57. The molecule has 9 heteroatoms. The molecule has 2 heterocycles. The van der Waals surface area contributed by atoms with Gasteiger partial charge in [0.2, 0.25) is 5.91 Å². The highest BCUT2D eigenvalue weighted by molar-refractivity contribution is 6.35. The van der Waals surface area contributed by atoms with Crippen molar-refractivity contribution in [2.24, 2.45) is 5.92 Å². The number of aromatic nitrogens is 1. The molecule has 5 rings (SSSR count). The van der Waals surface area contributed by atoms with E-state index in [-0.39, 0.29) is 17.0 Å². The van der Waals surface area contributed by atoms with Crippen LogP contribution in [0.1, 0.15) is 51.4 Å². The smallest absolute Gasteiger partial charge is 0.241 e. The zero-order valence-electron chi connectivity index (χ0n) is 18.8. The second-order valence-corrected chi connectivity index (χ2v) is 11.0. The predicted octanol–water partition coefficient (Wildman–Crippen LogP) is 4.97. The molecule has 0 atom stereocenters. The largest absolute Gasteiger partial charge is 0.354 e. The van der Waals surface area contributed by atoms with Crippen molar-refractivity contribution in [1.29, 1.82) is 0 Å². The Labute approximate surface area is 203 Å². The predicted molar refractivity (Wildman–Crippen MR) is 129 cm³/mol. The minimum Gasteiger partial charge on any atom is -0.354 e. The summed E-state index contributed by atoms with van der Waals surface area (Å²) < 4.78 is 19.0. The average molecular weight is 497 g/mol. The summed E-state index contributed by atoms with van der Waals surface area (Å²) in [5.41, 5.74) is 0.426. The Morgan fingerprint density at radius 2 is 1.91 bits per heavy atom. The first-order chi connectivity index (χ1) is 15.9. The van der Waals surface area contributed by atoms with E-state index in [1.54, 1.807) is 6.07 Å². The van der Waals surface area contributed by atoms with Crippen LogP contribution in [0.5, 0.6) is 0 Å². The Morgan fingerprint density at radius 1 is 1.18 bits per heavy atom. The van der Waals surface area contributed by atoms with E-state index < -0.39 is 10.7 Å². The van der Waals surface area contributed by atoms with Crippen molar-refractivity contribution in [2.75, 3.05) is 37.6 Å². The molecule has 2 aliphatic carbocycles. The molecule has 1 aromatic carbocycles. The van der Waals surface area contributed by atoms with E-state index in [4.69, 9.17) is 27.7 Å². The maximum absolute atomic E-state index is 13.7. The number of benzene rings is 1. The lowest BCUT2D eigenvalue weighted by Crippen LogP contribution is -2.51. The van der Waals surface area contributed by atoms with Crippen molar-refractivity contribution in [3.63, 3.8) is 0 Å². The quantitative estimate of drug-likeness (QED) is 0.572. The molecule has 0 bridgehead atoms. The summed E-state index contributed by atoms with van der Waals surface area (Å²) in [5, 5.41) is 8.21. The first-order valence-electron chi connectivity index (χ1n) is 12.1. The summed E-state index contributed by atoms with van der Waals surface area (Å²) in [7, 11) is 0. The van der Waals surface area contributed by atoms with E-state index in [2.05, 4.69) is 20.3 Å². The maximum atomic E-state index is 13.7. The van der Waals surface area contributed by atoms with E-state index >= 15 is 0 Å². The number of nitrogens with one attached hydrogen (secondary N) is 1. The summed E-state index contributed by atoms with van der Waals surface area (Å²) >= 11 is 12.3. The van der Waals surface area contributed by atoms with Gasteiger partial charge in [-0.2, -0.15) is 0 Å². The highest BCUT2D eigenvalue weighted by atomic mass is 35.5. The molecule has 180 valence electrons. The molecule has 3 aliphatic rings. The van der Waals surface area contributed by atoms with Gasteiger partial charge in [0.25, 0.3) is 0 Å².